The number of hydrogen-bond donors (Lipinski definition) is 2. The van der Waals surface area contributed by atoms with Crippen molar-refractivity contribution in [2.24, 2.45) is 16.3 Å². The zero-order valence-corrected chi connectivity index (χ0v) is 19.2. The van der Waals surface area contributed by atoms with Crippen molar-refractivity contribution < 1.29 is 8.42 Å². The number of likely N-dealkylation sites (tertiary alicyclic amines) is 1. The van der Waals surface area contributed by atoms with E-state index >= 15 is 0 Å². The average Bonchev–Trinajstić information content (AvgIpc) is 3.39. The van der Waals surface area contributed by atoms with E-state index in [9.17, 15) is 8.42 Å². The highest BCUT2D eigenvalue weighted by Gasteiger charge is 2.45. The Hall–Kier alpha value is -1.31. The Bertz CT molecular complexity index is 839. The molecule has 2 atom stereocenters. The molecule has 2 unspecified atom stereocenters. The summed E-state index contributed by atoms with van der Waals surface area (Å²) in [7, 11) is 0.963. The van der Waals surface area contributed by atoms with E-state index in [1.165, 1.54) is 18.2 Å². The maximum absolute atomic E-state index is 11.7. The highest BCUT2D eigenvalue weighted by atomic mass is 35.5. The van der Waals surface area contributed by atoms with Gasteiger partial charge in [-0.1, -0.05) is 23.7 Å². The summed E-state index contributed by atoms with van der Waals surface area (Å²) in [4.78, 5) is 6.75. The van der Waals surface area contributed by atoms with Gasteiger partial charge >= 0.3 is 0 Å². The molecule has 1 aromatic carbocycles. The molecule has 0 amide bonds. The summed E-state index contributed by atoms with van der Waals surface area (Å²) in [5.74, 6) is 1.42. The highest BCUT2D eigenvalue weighted by molar-refractivity contribution is 7.90. The molecule has 0 aromatic heterocycles. The van der Waals surface area contributed by atoms with E-state index in [1.807, 2.05) is 12.1 Å². The van der Waals surface area contributed by atoms with Gasteiger partial charge in [0.2, 0.25) is 0 Å². The molecule has 3 rings (SSSR count). The number of nitrogens with one attached hydrogen (secondary N) is 2. The Morgan fingerprint density at radius 1 is 1.34 bits per heavy atom. The molecular weight excluding hydrogens is 408 g/mol. The minimum Gasteiger partial charge on any atom is -0.356 e. The Kier molecular flexibility index (Phi) is 7.12. The van der Waals surface area contributed by atoms with Crippen LogP contribution in [-0.4, -0.2) is 65.0 Å². The predicted molar refractivity (Wildman–Crippen MR) is 120 cm³/mol. The summed E-state index contributed by atoms with van der Waals surface area (Å²) in [5, 5.41) is 7.59. The van der Waals surface area contributed by atoms with E-state index in [0.29, 0.717) is 18.5 Å². The van der Waals surface area contributed by atoms with Gasteiger partial charge in [-0.3, -0.25) is 9.89 Å². The van der Waals surface area contributed by atoms with Crippen LogP contribution in [0.5, 0.6) is 0 Å². The quantitative estimate of drug-likeness (QED) is 0.503. The number of nitrogens with zero attached hydrogens (tertiary/aromatic N) is 2. The minimum absolute atomic E-state index is 0.125. The lowest BCUT2D eigenvalue weighted by atomic mass is 9.85. The second-order valence-corrected chi connectivity index (χ2v) is 11.3. The monoisotopic (exact) mass is 440 g/mol. The zero-order valence-electron chi connectivity index (χ0n) is 17.6. The van der Waals surface area contributed by atoms with E-state index in [4.69, 9.17) is 11.6 Å². The van der Waals surface area contributed by atoms with Crippen molar-refractivity contribution in [1.82, 2.24) is 15.5 Å². The van der Waals surface area contributed by atoms with Crippen LogP contribution in [0, 0.1) is 11.3 Å². The minimum atomic E-state index is -2.97. The van der Waals surface area contributed by atoms with Gasteiger partial charge in [0.1, 0.15) is 9.84 Å². The molecule has 1 saturated heterocycles. The van der Waals surface area contributed by atoms with Crippen LogP contribution in [0.2, 0.25) is 5.02 Å². The van der Waals surface area contributed by atoms with Crippen LogP contribution in [0.1, 0.15) is 37.3 Å². The summed E-state index contributed by atoms with van der Waals surface area (Å²) in [6, 6.07) is 8.46. The molecule has 8 heteroatoms. The third-order valence-electron chi connectivity index (χ3n) is 6.11. The fourth-order valence-electron chi connectivity index (χ4n) is 4.52. The van der Waals surface area contributed by atoms with Gasteiger partial charge in [0.25, 0.3) is 0 Å². The molecule has 1 aromatic rings. The number of rotatable bonds is 7. The van der Waals surface area contributed by atoms with E-state index < -0.39 is 9.84 Å². The molecule has 2 N–H and O–H groups in total. The molecule has 2 fully saturated rings. The largest absolute Gasteiger partial charge is 0.356 e. The first-order valence-corrected chi connectivity index (χ1v) is 12.7. The Morgan fingerprint density at radius 2 is 2.10 bits per heavy atom. The Balaban J connectivity index is 1.59. The summed E-state index contributed by atoms with van der Waals surface area (Å²) < 4.78 is 23.3. The summed E-state index contributed by atoms with van der Waals surface area (Å²) in [5.41, 5.74) is 1.12. The molecular formula is C21H33ClN4O2S. The number of guanidine groups is 1. The van der Waals surface area contributed by atoms with Crippen molar-refractivity contribution in [2.45, 2.75) is 31.7 Å². The Labute approximate surface area is 180 Å². The first kappa shape index (κ1) is 22.4. The van der Waals surface area contributed by atoms with E-state index in [2.05, 4.69) is 39.7 Å². The van der Waals surface area contributed by atoms with Crippen LogP contribution in [0.15, 0.2) is 29.3 Å². The van der Waals surface area contributed by atoms with Crippen LogP contribution >= 0.6 is 11.6 Å². The third kappa shape index (κ3) is 6.33. The fraction of sp³-hybridized carbons (Fsp3) is 0.667. The first-order valence-electron chi connectivity index (χ1n) is 10.3. The van der Waals surface area contributed by atoms with Crippen molar-refractivity contribution in [3.05, 3.63) is 34.9 Å². The van der Waals surface area contributed by atoms with Crippen molar-refractivity contribution >= 4 is 27.4 Å². The van der Waals surface area contributed by atoms with Gasteiger partial charge in [-0.15, -0.1) is 0 Å². The molecule has 1 saturated carbocycles. The number of benzene rings is 1. The van der Waals surface area contributed by atoms with E-state index in [-0.39, 0.29) is 11.2 Å². The lowest BCUT2D eigenvalue weighted by molar-refractivity contribution is 0.122. The van der Waals surface area contributed by atoms with E-state index in [0.717, 1.165) is 43.3 Å². The molecule has 2 aliphatic rings. The van der Waals surface area contributed by atoms with Crippen molar-refractivity contribution in [3.63, 3.8) is 0 Å². The van der Waals surface area contributed by atoms with Crippen molar-refractivity contribution in [1.29, 1.82) is 0 Å². The molecule has 6 nitrogen and oxygen atoms in total. The van der Waals surface area contributed by atoms with Gasteiger partial charge in [-0.05, 0) is 62.9 Å². The van der Waals surface area contributed by atoms with Crippen LogP contribution in [0.3, 0.4) is 0 Å². The molecule has 162 valence electrons. The number of aliphatic imine (C=N–C) groups is 1. The normalized spacial score (nSPS) is 24.9. The highest BCUT2D eigenvalue weighted by Crippen LogP contribution is 2.46. The predicted octanol–water partition coefficient (Wildman–Crippen LogP) is 2.71. The lowest BCUT2D eigenvalue weighted by Gasteiger charge is -2.40. The summed E-state index contributed by atoms with van der Waals surface area (Å²) >= 11 is 6.24. The molecule has 1 heterocycles. The van der Waals surface area contributed by atoms with Crippen molar-refractivity contribution in [2.75, 3.05) is 45.7 Å². The lowest BCUT2D eigenvalue weighted by Crippen LogP contribution is -2.46. The number of piperidine rings is 1. The molecule has 29 heavy (non-hydrogen) atoms. The van der Waals surface area contributed by atoms with Gasteiger partial charge in [-0.2, -0.15) is 0 Å². The molecule has 0 radical (unpaired) electrons. The van der Waals surface area contributed by atoms with Crippen LogP contribution in [0.25, 0.3) is 0 Å². The Morgan fingerprint density at radius 3 is 2.72 bits per heavy atom. The third-order valence-corrected chi connectivity index (χ3v) is 7.48. The molecule has 0 spiro atoms. The van der Waals surface area contributed by atoms with Crippen LogP contribution < -0.4 is 10.6 Å². The topological polar surface area (TPSA) is 73.8 Å². The average molecular weight is 441 g/mol. The maximum atomic E-state index is 11.7. The summed E-state index contributed by atoms with van der Waals surface area (Å²) in [6.45, 7) is 2.52. The van der Waals surface area contributed by atoms with Crippen molar-refractivity contribution in [3.8, 4) is 0 Å². The van der Waals surface area contributed by atoms with Crippen LogP contribution in [-0.2, 0) is 9.84 Å². The maximum Gasteiger partial charge on any atom is 0.191 e. The zero-order chi connectivity index (χ0) is 21.1. The second kappa shape index (κ2) is 9.23. The molecule has 1 aliphatic carbocycles. The SMILES string of the molecule is CN=C(NCC1CCCN(C)C1c1cccc(Cl)c1)NCC1(CS(C)(=O)=O)CC1. The standard InChI is InChI=1S/C21H33ClN4O2S/c1-23-20(25-14-21(9-10-21)15-29(3,27)28)24-13-17-7-5-11-26(2)19(17)16-6-4-8-18(22)12-16/h4,6,8,12,17,19H,5,7,9-11,13-15H2,1-3H3,(H2,23,24,25). The molecule has 1 aliphatic heterocycles. The number of sulfone groups is 1. The van der Waals surface area contributed by atoms with Gasteiger partial charge < -0.3 is 10.6 Å². The van der Waals surface area contributed by atoms with Crippen LogP contribution in [0.4, 0.5) is 0 Å². The fourth-order valence-corrected chi connectivity index (χ4v) is 6.22. The van der Waals surface area contributed by atoms with E-state index in [1.54, 1.807) is 7.05 Å². The first-order chi connectivity index (χ1) is 13.7. The second-order valence-electron chi connectivity index (χ2n) is 8.76. The number of halogens is 1. The van der Waals surface area contributed by atoms with Gasteiger partial charge in [0.15, 0.2) is 5.96 Å². The smallest absolute Gasteiger partial charge is 0.191 e. The van der Waals surface area contributed by atoms with Gasteiger partial charge in [0.05, 0.1) is 5.75 Å². The molecule has 0 bridgehead atoms. The summed E-state index contributed by atoms with van der Waals surface area (Å²) in [6.07, 6.45) is 5.53. The van der Waals surface area contributed by atoms with Gasteiger partial charge in [0, 0.05) is 42.9 Å². The van der Waals surface area contributed by atoms with Gasteiger partial charge in [-0.25, -0.2) is 8.42 Å². The number of hydrogen-bond acceptors (Lipinski definition) is 4.